The zero-order valence-electron chi connectivity index (χ0n) is 25.2. The number of imide groups is 1. The first-order valence-electron chi connectivity index (χ1n) is 15.6. The monoisotopic (exact) mass is 687 g/mol. The number of fused-ring (bicyclic) bond motifs is 9. The fourth-order valence-corrected chi connectivity index (χ4v) is 11.2. The number of nitrogens with zero attached hydrogens (tertiary/aromatic N) is 1. The number of amides is 3. The van der Waals surface area contributed by atoms with Crippen molar-refractivity contribution >= 4 is 63.8 Å². The highest BCUT2D eigenvalue weighted by Crippen LogP contribution is 2.68. The van der Waals surface area contributed by atoms with Gasteiger partial charge in [0, 0.05) is 26.8 Å². The van der Waals surface area contributed by atoms with Crippen molar-refractivity contribution in [3.05, 3.63) is 97.9 Å². The van der Waals surface area contributed by atoms with Crippen LogP contribution in [-0.4, -0.2) is 41.2 Å². The molecule has 240 valence electrons. The van der Waals surface area contributed by atoms with Crippen molar-refractivity contribution in [2.24, 2.45) is 29.6 Å². The van der Waals surface area contributed by atoms with E-state index in [2.05, 4.69) is 10.3 Å². The third kappa shape index (κ3) is 5.06. The molecule has 3 aromatic carbocycles. The van der Waals surface area contributed by atoms with Crippen LogP contribution in [0.5, 0.6) is 11.5 Å². The maximum atomic E-state index is 14.0. The summed E-state index contributed by atoms with van der Waals surface area (Å²) in [5, 5.41) is 4.25. The van der Waals surface area contributed by atoms with Crippen molar-refractivity contribution in [1.82, 2.24) is 4.98 Å². The number of H-pyrrole nitrogens is 1. The summed E-state index contributed by atoms with van der Waals surface area (Å²) >= 11 is 8.94. The summed E-state index contributed by atoms with van der Waals surface area (Å²) in [6.45, 7) is 2.07. The molecule has 8 rings (SSSR count). The minimum Gasteiger partial charge on any atom is -0.490 e. The molecule has 2 saturated carbocycles. The first-order valence-corrected chi connectivity index (χ1v) is 17.7. The summed E-state index contributed by atoms with van der Waals surface area (Å²) in [5.74, 6) is -0.637. The molecule has 2 N–H and O–H groups in total. The van der Waals surface area contributed by atoms with Gasteiger partial charge in [-0.2, -0.15) is 0 Å². The van der Waals surface area contributed by atoms with E-state index in [-0.39, 0.29) is 64.0 Å². The van der Waals surface area contributed by atoms with Crippen LogP contribution in [0.25, 0.3) is 0 Å². The molecule has 9 nitrogen and oxygen atoms in total. The third-order valence-electron chi connectivity index (χ3n) is 9.85. The Morgan fingerprint density at radius 2 is 1.70 bits per heavy atom. The van der Waals surface area contributed by atoms with E-state index >= 15 is 0 Å². The number of thioether (sulfide) groups is 1. The van der Waals surface area contributed by atoms with Crippen molar-refractivity contribution in [3.63, 3.8) is 0 Å². The molecule has 2 bridgehead atoms. The molecular formula is C35H30ClN3O6S2. The number of nitrogens with one attached hydrogen (secondary N) is 2. The molecule has 7 atom stereocenters. The minimum absolute atomic E-state index is 0.00454. The summed E-state index contributed by atoms with van der Waals surface area (Å²) in [7, 11) is 0. The number of benzene rings is 3. The molecule has 3 fully saturated rings. The van der Waals surface area contributed by atoms with Crippen LogP contribution < -0.4 is 24.6 Å². The zero-order chi connectivity index (χ0) is 32.4. The normalized spacial score (nSPS) is 26.9. The standard InChI is InChI=1S/C35H30ClN3O6S2/c1-2-44-24-14-17(8-13-23(24)45-16-25(40)37-19-6-4-3-5-7-19)26-27-21-15-22(30(27)46-32-31(26)47-35(43)38-32)29-28(21)33(41)39(34(29)42)20-11-9-18(36)10-12-20/h3-14,21-22,26-30H,2,15-16H2,1H3,(H,37,40)(H,38,43)/t21-,22-,26+,27-,28+,29+,30-/m1/s1. The van der Waals surface area contributed by atoms with Gasteiger partial charge in [-0.1, -0.05) is 47.2 Å². The van der Waals surface area contributed by atoms with E-state index in [0.717, 1.165) is 21.9 Å². The molecule has 1 saturated heterocycles. The Kier molecular flexibility index (Phi) is 7.65. The smallest absolute Gasteiger partial charge is 0.305 e. The molecule has 0 spiro atoms. The van der Waals surface area contributed by atoms with Crippen LogP contribution in [0.4, 0.5) is 11.4 Å². The van der Waals surface area contributed by atoms with Crippen molar-refractivity contribution in [2.45, 2.75) is 29.5 Å². The van der Waals surface area contributed by atoms with E-state index in [4.69, 9.17) is 21.1 Å². The minimum atomic E-state index is -0.415. The number of anilines is 2. The Labute approximate surface area is 283 Å². The summed E-state index contributed by atoms with van der Waals surface area (Å²) in [4.78, 5) is 58.4. The van der Waals surface area contributed by atoms with E-state index < -0.39 is 5.92 Å². The van der Waals surface area contributed by atoms with Crippen LogP contribution >= 0.6 is 34.7 Å². The third-order valence-corrected chi connectivity index (χ3v) is 12.7. The van der Waals surface area contributed by atoms with Gasteiger partial charge in [-0.05, 0) is 85.2 Å². The zero-order valence-corrected chi connectivity index (χ0v) is 27.6. The number of carbonyl (C=O) groups excluding carboxylic acids is 3. The van der Waals surface area contributed by atoms with Gasteiger partial charge < -0.3 is 19.8 Å². The average Bonchev–Trinajstić information content (AvgIpc) is 3.80. The highest BCUT2D eigenvalue weighted by Gasteiger charge is 2.69. The Morgan fingerprint density at radius 3 is 2.45 bits per heavy atom. The lowest BCUT2D eigenvalue weighted by molar-refractivity contribution is -0.123. The fraction of sp³-hybridized carbons (Fsp3) is 0.314. The molecule has 3 amide bonds. The summed E-state index contributed by atoms with van der Waals surface area (Å²) in [5.41, 5.74) is 2.17. The lowest BCUT2D eigenvalue weighted by Gasteiger charge is -2.43. The van der Waals surface area contributed by atoms with E-state index in [1.807, 2.05) is 43.3 Å². The van der Waals surface area contributed by atoms with Crippen LogP contribution in [0.3, 0.4) is 0 Å². The van der Waals surface area contributed by atoms with Crippen LogP contribution in [0.15, 0.2) is 82.6 Å². The second-order valence-electron chi connectivity index (χ2n) is 12.3. The number of rotatable bonds is 8. The van der Waals surface area contributed by atoms with E-state index in [0.29, 0.717) is 34.5 Å². The topological polar surface area (TPSA) is 118 Å². The van der Waals surface area contributed by atoms with E-state index in [1.54, 1.807) is 48.2 Å². The Bertz CT molecular complexity index is 1950. The number of carbonyl (C=O) groups is 3. The molecule has 47 heavy (non-hydrogen) atoms. The van der Waals surface area contributed by atoms with Gasteiger partial charge in [0.05, 0.1) is 29.2 Å². The average molecular weight is 688 g/mol. The molecule has 4 aromatic rings. The summed E-state index contributed by atoms with van der Waals surface area (Å²) in [6.07, 6.45) is 0.787. The number of ether oxygens (including phenoxy) is 2. The predicted molar refractivity (Wildman–Crippen MR) is 181 cm³/mol. The molecule has 0 unspecified atom stereocenters. The number of aromatic nitrogens is 1. The summed E-state index contributed by atoms with van der Waals surface area (Å²) in [6, 6.07) is 21.7. The van der Waals surface area contributed by atoms with Crippen molar-refractivity contribution in [1.29, 1.82) is 0 Å². The second-order valence-corrected chi connectivity index (χ2v) is 14.9. The first kappa shape index (κ1) is 30.3. The second kappa shape index (κ2) is 11.9. The number of para-hydroxylation sites is 1. The van der Waals surface area contributed by atoms with Gasteiger partial charge in [-0.25, -0.2) is 0 Å². The van der Waals surface area contributed by atoms with Crippen molar-refractivity contribution in [2.75, 3.05) is 23.4 Å². The maximum Gasteiger partial charge on any atom is 0.305 e. The molecule has 12 heteroatoms. The highest BCUT2D eigenvalue weighted by atomic mass is 35.5. The van der Waals surface area contributed by atoms with Crippen LogP contribution in [-0.2, 0) is 14.4 Å². The van der Waals surface area contributed by atoms with E-state index in [9.17, 15) is 19.2 Å². The van der Waals surface area contributed by atoms with Crippen molar-refractivity contribution in [3.8, 4) is 11.5 Å². The fourth-order valence-electron chi connectivity index (χ4n) is 8.20. The van der Waals surface area contributed by atoms with Gasteiger partial charge in [0.15, 0.2) is 18.1 Å². The molecule has 1 aromatic heterocycles. The highest BCUT2D eigenvalue weighted by molar-refractivity contribution is 8.00. The number of halogens is 1. The Morgan fingerprint density at radius 1 is 0.957 bits per heavy atom. The molecule has 2 aliphatic heterocycles. The predicted octanol–water partition coefficient (Wildman–Crippen LogP) is 6.18. The Hall–Kier alpha value is -4.06. The van der Waals surface area contributed by atoms with Gasteiger partial charge in [0.2, 0.25) is 11.8 Å². The van der Waals surface area contributed by atoms with Gasteiger partial charge in [-0.15, -0.1) is 11.8 Å². The maximum absolute atomic E-state index is 14.0. The van der Waals surface area contributed by atoms with E-state index in [1.165, 1.54) is 16.2 Å². The van der Waals surface area contributed by atoms with Gasteiger partial charge in [-0.3, -0.25) is 24.1 Å². The molecule has 3 heterocycles. The number of hydrogen-bond acceptors (Lipinski definition) is 8. The lowest BCUT2D eigenvalue weighted by atomic mass is 9.68. The van der Waals surface area contributed by atoms with Gasteiger partial charge in [0.25, 0.3) is 5.91 Å². The molecule has 2 aliphatic carbocycles. The van der Waals surface area contributed by atoms with Crippen LogP contribution in [0.2, 0.25) is 5.02 Å². The van der Waals surface area contributed by atoms with Gasteiger partial charge >= 0.3 is 4.87 Å². The molecule has 0 radical (unpaired) electrons. The number of thiazole rings is 1. The Balaban J connectivity index is 1.11. The lowest BCUT2D eigenvalue weighted by Crippen LogP contribution is -2.42. The van der Waals surface area contributed by atoms with Crippen LogP contribution in [0.1, 0.15) is 29.7 Å². The first-order chi connectivity index (χ1) is 22.8. The quantitative estimate of drug-likeness (QED) is 0.212. The SMILES string of the molecule is CCOc1cc([C@@H]2c3sc(=O)[nH]c3S[C@@H]3[C@@H]4C[C@@H]([C@@H]5C(=O)N(c6ccc(Cl)cc6)C(=O)[C@@H]45)[C@H]23)ccc1OCC(=O)Nc1ccccc1. The molecular weight excluding hydrogens is 658 g/mol. The number of aromatic amines is 1. The number of hydrogen-bond donors (Lipinski definition) is 2. The molecule has 4 aliphatic rings. The largest absolute Gasteiger partial charge is 0.490 e. The van der Waals surface area contributed by atoms with Crippen LogP contribution in [0, 0.1) is 29.6 Å². The van der Waals surface area contributed by atoms with Gasteiger partial charge in [0.1, 0.15) is 0 Å². The summed E-state index contributed by atoms with van der Waals surface area (Å²) < 4.78 is 11.9. The van der Waals surface area contributed by atoms with Crippen molar-refractivity contribution < 1.29 is 23.9 Å².